The second-order valence-corrected chi connectivity index (χ2v) is 2.07. The van der Waals surface area contributed by atoms with Crippen LogP contribution >= 0.6 is 0 Å². The molecule has 8 nitrogen and oxygen atoms in total. The molecule has 0 heterocycles. The van der Waals surface area contributed by atoms with E-state index in [9.17, 15) is 9.59 Å². The monoisotopic (exact) mass is 279 g/mol. The number of hydrogen-bond acceptors (Lipinski definition) is 6. The van der Waals surface area contributed by atoms with E-state index in [2.05, 4.69) is 27.7 Å². The first kappa shape index (κ1) is 10.2. The summed E-state index contributed by atoms with van der Waals surface area (Å²) in [6.45, 7) is 0. The summed E-state index contributed by atoms with van der Waals surface area (Å²) in [6.07, 6.45) is -2.24. The van der Waals surface area contributed by atoms with Crippen molar-refractivity contribution in [1.82, 2.24) is 0 Å². The molecule has 4 N–H and O–H groups in total. The minimum absolute atomic E-state index is 1.12. The van der Waals surface area contributed by atoms with Crippen LogP contribution in [0.1, 0.15) is 0 Å². The third-order valence-electron chi connectivity index (χ3n) is 0.279. The minimum atomic E-state index is -1.49. The molecule has 0 aliphatic carbocycles. The Kier molecular flexibility index (Phi) is 5.50. The van der Waals surface area contributed by atoms with Gasteiger partial charge in [-0.1, -0.05) is 0 Å². The maximum atomic E-state index is 9.80. The van der Waals surface area contributed by atoms with Crippen molar-refractivity contribution in [1.29, 1.82) is 0 Å². The summed E-state index contributed by atoms with van der Waals surface area (Å²) in [5.74, 6) is 0. The Morgan fingerprint density at radius 3 is 1.64 bits per heavy atom. The SMILES string of the molecule is NC(=O)OO[I-]OOC(N)=O. The molecule has 0 rings (SSSR count). The van der Waals surface area contributed by atoms with Crippen molar-refractivity contribution in [2.24, 2.45) is 11.5 Å². The van der Waals surface area contributed by atoms with Crippen LogP contribution in [0, 0.1) is 0 Å². The Bertz CT molecular complexity index is 134. The number of rotatable bonds is 4. The van der Waals surface area contributed by atoms with Crippen molar-refractivity contribution in [3.05, 3.63) is 0 Å². The molecule has 0 saturated carbocycles. The van der Waals surface area contributed by atoms with E-state index in [1.54, 1.807) is 0 Å². The van der Waals surface area contributed by atoms with Gasteiger partial charge < -0.3 is 0 Å². The van der Waals surface area contributed by atoms with Crippen LogP contribution in [0.25, 0.3) is 0 Å². The average Bonchev–Trinajstić information content (AvgIpc) is 1.85. The molecule has 0 spiro atoms. The molecule has 0 unspecified atom stereocenters. The summed E-state index contributed by atoms with van der Waals surface area (Å²) in [6, 6.07) is 0. The predicted molar refractivity (Wildman–Crippen MR) is 23.5 cm³/mol. The van der Waals surface area contributed by atoms with Crippen molar-refractivity contribution in [3.63, 3.8) is 0 Å². The average molecular weight is 279 g/mol. The van der Waals surface area contributed by atoms with Crippen molar-refractivity contribution in [2.45, 2.75) is 0 Å². The Morgan fingerprint density at radius 1 is 1.00 bits per heavy atom. The first-order valence-corrected chi connectivity index (χ1v) is 3.80. The van der Waals surface area contributed by atoms with Gasteiger partial charge in [0, 0.05) is 0 Å². The van der Waals surface area contributed by atoms with Gasteiger partial charge in [0.25, 0.3) is 0 Å². The van der Waals surface area contributed by atoms with E-state index in [1.807, 2.05) is 0 Å². The molecule has 0 bridgehead atoms. The Balaban J connectivity index is 3.03. The second-order valence-electron chi connectivity index (χ2n) is 0.994. The summed E-state index contributed by atoms with van der Waals surface area (Å²) < 4.78 is 8.05. The van der Waals surface area contributed by atoms with E-state index < -0.39 is 34.2 Å². The van der Waals surface area contributed by atoms with E-state index in [-0.39, 0.29) is 0 Å². The third kappa shape index (κ3) is 9.19. The van der Waals surface area contributed by atoms with Gasteiger partial charge in [0.15, 0.2) is 0 Å². The molecular weight excluding hydrogens is 275 g/mol. The third-order valence-corrected chi connectivity index (χ3v) is 0.932. The van der Waals surface area contributed by atoms with E-state index in [4.69, 9.17) is 0 Å². The summed E-state index contributed by atoms with van der Waals surface area (Å²) in [7, 11) is 0. The Morgan fingerprint density at radius 2 is 1.36 bits per heavy atom. The maximum absolute atomic E-state index is 9.80. The van der Waals surface area contributed by atoms with Crippen molar-refractivity contribution in [3.8, 4) is 0 Å². The van der Waals surface area contributed by atoms with Gasteiger partial charge in [-0.05, 0) is 0 Å². The molecule has 0 aromatic heterocycles. The van der Waals surface area contributed by atoms with Crippen LogP contribution in [0.2, 0.25) is 0 Å². The number of amides is 2. The topological polar surface area (TPSA) is 123 Å². The van der Waals surface area contributed by atoms with Crippen LogP contribution in [0.4, 0.5) is 9.59 Å². The van der Waals surface area contributed by atoms with Crippen LogP contribution in [0.3, 0.4) is 0 Å². The van der Waals surface area contributed by atoms with E-state index in [0.29, 0.717) is 0 Å². The first-order valence-electron chi connectivity index (χ1n) is 2.04. The van der Waals surface area contributed by atoms with Crippen molar-refractivity contribution < 1.29 is 47.8 Å². The summed E-state index contributed by atoms with van der Waals surface area (Å²) >= 11 is -1.49. The molecule has 9 heteroatoms. The van der Waals surface area contributed by atoms with E-state index in [1.165, 1.54) is 0 Å². The van der Waals surface area contributed by atoms with Crippen LogP contribution in [-0.2, 0) is 16.2 Å². The van der Waals surface area contributed by atoms with Crippen LogP contribution in [0.15, 0.2) is 0 Å². The van der Waals surface area contributed by atoms with Gasteiger partial charge in [0.1, 0.15) is 0 Å². The van der Waals surface area contributed by atoms with Gasteiger partial charge >= 0.3 is 71.5 Å². The number of nitrogens with two attached hydrogens (primary N) is 2. The number of halogens is 1. The fourth-order valence-corrected chi connectivity index (χ4v) is 0.659. The van der Waals surface area contributed by atoms with E-state index in [0.717, 1.165) is 0 Å². The molecule has 66 valence electrons. The van der Waals surface area contributed by atoms with Crippen molar-refractivity contribution >= 4 is 12.2 Å². The molecule has 0 aliphatic rings. The zero-order valence-electron chi connectivity index (χ0n) is 4.98. The first-order chi connectivity index (χ1) is 5.13. The van der Waals surface area contributed by atoms with Crippen molar-refractivity contribution in [2.75, 3.05) is 0 Å². The molecule has 2 amide bonds. The number of carbonyl (C=O) groups is 2. The molecule has 0 aliphatic heterocycles. The number of carbonyl (C=O) groups excluding carboxylic acids is 2. The molecule has 0 saturated heterocycles. The summed E-state index contributed by atoms with van der Waals surface area (Å²) in [4.78, 5) is 27.1. The number of primary amides is 2. The van der Waals surface area contributed by atoms with Gasteiger partial charge in [-0.3, -0.25) is 0 Å². The van der Waals surface area contributed by atoms with Gasteiger partial charge in [-0.25, -0.2) is 0 Å². The van der Waals surface area contributed by atoms with Gasteiger partial charge in [-0.15, -0.1) is 0 Å². The molecule has 0 aromatic carbocycles. The summed E-state index contributed by atoms with van der Waals surface area (Å²) in [5.41, 5.74) is 8.96. The Hall–Kier alpha value is -0.810. The van der Waals surface area contributed by atoms with Gasteiger partial charge in [0.2, 0.25) is 0 Å². The summed E-state index contributed by atoms with van der Waals surface area (Å²) in [5, 5.41) is 0. The van der Waals surface area contributed by atoms with E-state index >= 15 is 0 Å². The quantitative estimate of drug-likeness (QED) is 0.234. The fourth-order valence-electron chi connectivity index (χ4n) is 0.0983. The number of hydrogen-bond donors (Lipinski definition) is 2. The zero-order valence-corrected chi connectivity index (χ0v) is 7.14. The second kappa shape index (κ2) is 5.94. The molecule has 0 aromatic rings. The molecule has 0 fully saturated rings. The Labute approximate surface area is 71.9 Å². The normalized spacial score (nSPS) is 9.09. The van der Waals surface area contributed by atoms with Gasteiger partial charge in [0.05, 0.1) is 0 Å². The van der Waals surface area contributed by atoms with Crippen LogP contribution in [0.5, 0.6) is 0 Å². The fraction of sp³-hybridized carbons (Fsp3) is 0. The van der Waals surface area contributed by atoms with Crippen LogP contribution < -0.4 is 33.5 Å². The standard InChI is InChI=1S/C2H4IN2O6/c4-1(6)8-10-3-11-9-2(5)7/h(H2,4,6)(H2,5,7)/q-1. The molecule has 11 heavy (non-hydrogen) atoms. The molecule has 0 radical (unpaired) electrons. The van der Waals surface area contributed by atoms with Gasteiger partial charge in [-0.2, -0.15) is 0 Å². The molecule has 0 atom stereocenters. The van der Waals surface area contributed by atoms with Crippen LogP contribution in [-0.4, -0.2) is 12.2 Å². The molecular formula is C2H4IN2O6-. The predicted octanol–water partition coefficient (Wildman–Crippen LogP) is -4.04. The zero-order chi connectivity index (χ0) is 8.69.